The third-order valence-electron chi connectivity index (χ3n) is 3.13. The van der Waals surface area contributed by atoms with E-state index in [4.69, 9.17) is 4.74 Å². The van der Waals surface area contributed by atoms with Crippen LogP contribution < -0.4 is 5.32 Å². The average Bonchev–Trinajstić information content (AvgIpc) is 2.55. The largest absolute Gasteiger partial charge is 0.387 e. The van der Waals surface area contributed by atoms with Gasteiger partial charge < -0.3 is 15.2 Å². The van der Waals surface area contributed by atoms with E-state index in [0.717, 1.165) is 39.0 Å². The smallest absolute Gasteiger partial charge is 0.0930 e. The molecule has 3 nitrogen and oxygen atoms in total. The maximum absolute atomic E-state index is 10.2. The Balaban J connectivity index is 1.96. The van der Waals surface area contributed by atoms with Crippen molar-refractivity contribution >= 4 is 0 Å². The van der Waals surface area contributed by atoms with Crippen LogP contribution in [0, 0.1) is 5.92 Å². The number of piperidine rings is 1. The quantitative estimate of drug-likeness (QED) is 0.589. The van der Waals surface area contributed by atoms with E-state index in [-0.39, 0.29) is 0 Å². The molecule has 2 aliphatic heterocycles. The van der Waals surface area contributed by atoms with Crippen LogP contribution in [-0.4, -0.2) is 37.0 Å². The highest BCUT2D eigenvalue weighted by molar-refractivity contribution is 4.91. The molecule has 0 spiro atoms. The highest BCUT2D eigenvalue weighted by Crippen LogP contribution is 2.32. The molecular formula is C9H17NO2. The maximum atomic E-state index is 10.2. The van der Waals surface area contributed by atoms with E-state index in [2.05, 4.69) is 5.32 Å². The zero-order valence-electron chi connectivity index (χ0n) is 7.38. The van der Waals surface area contributed by atoms with E-state index in [0.29, 0.717) is 12.5 Å². The summed E-state index contributed by atoms with van der Waals surface area (Å²) in [7, 11) is 0. The molecule has 1 atom stereocenters. The van der Waals surface area contributed by atoms with Crippen molar-refractivity contribution in [1.29, 1.82) is 0 Å². The Morgan fingerprint density at radius 3 is 2.67 bits per heavy atom. The van der Waals surface area contributed by atoms with Crippen molar-refractivity contribution in [3.8, 4) is 0 Å². The van der Waals surface area contributed by atoms with E-state index < -0.39 is 5.60 Å². The standard InChI is InChI=1S/C9H17NO2/c11-9(3-6-12-7-9)8-1-4-10-5-2-8/h8,10-11H,1-7H2. The Labute approximate surface area is 73.1 Å². The second-order valence-electron chi connectivity index (χ2n) is 3.93. The fraction of sp³-hybridized carbons (Fsp3) is 1.00. The SMILES string of the molecule is OC1(C2CCNCC2)CCOC1. The summed E-state index contributed by atoms with van der Waals surface area (Å²) in [6, 6.07) is 0. The second-order valence-corrected chi connectivity index (χ2v) is 3.93. The maximum Gasteiger partial charge on any atom is 0.0930 e. The molecule has 3 heteroatoms. The van der Waals surface area contributed by atoms with Crippen molar-refractivity contribution in [3.63, 3.8) is 0 Å². The normalized spacial score (nSPS) is 38.8. The van der Waals surface area contributed by atoms with Crippen molar-refractivity contribution < 1.29 is 9.84 Å². The minimum absolute atomic E-state index is 0.459. The van der Waals surface area contributed by atoms with Gasteiger partial charge in [0.05, 0.1) is 12.2 Å². The molecule has 12 heavy (non-hydrogen) atoms. The molecule has 70 valence electrons. The molecule has 0 bridgehead atoms. The molecular weight excluding hydrogens is 154 g/mol. The van der Waals surface area contributed by atoms with Crippen molar-refractivity contribution in [2.45, 2.75) is 24.9 Å². The van der Waals surface area contributed by atoms with Crippen LogP contribution in [0.2, 0.25) is 0 Å². The molecule has 0 saturated carbocycles. The van der Waals surface area contributed by atoms with Crippen molar-refractivity contribution in [2.75, 3.05) is 26.3 Å². The van der Waals surface area contributed by atoms with Crippen LogP contribution in [0.15, 0.2) is 0 Å². The first-order valence-corrected chi connectivity index (χ1v) is 4.82. The second kappa shape index (κ2) is 3.32. The molecule has 2 heterocycles. The topological polar surface area (TPSA) is 41.5 Å². The number of nitrogens with one attached hydrogen (secondary N) is 1. The fourth-order valence-corrected chi connectivity index (χ4v) is 2.25. The number of aliphatic hydroxyl groups is 1. The average molecular weight is 171 g/mol. The number of ether oxygens (including phenoxy) is 1. The molecule has 0 aromatic rings. The zero-order valence-corrected chi connectivity index (χ0v) is 7.38. The summed E-state index contributed by atoms with van der Waals surface area (Å²) in [5.74, 6) is 0.459. The van der Waals surface area contributed by atoms with E-state index >= 15 is 0 Å². The molecule has 0 amide bonds. The molecule has 2 saturated heterocycles. The molecule has 2 aliphatic rings. The Hall–Kier alpha value is -0.120. The summed E-state index contributed by atoms with van der Waals surface area (Å²) < 4.78 is 5.24. The van der Waals surface area contributed by atoms with Crippen molar-refractivity contribution in [1.82, 2.24) is 5.32 Å². The van der Waals surface area contributed by atoms with Gasteiger partial charge >= 0.3 is 0 Å². The summed E-state index contributed by atoms with van der Waals surface area (Å²) in [5.41, 5.74) is -0.498. The minimum atomic E-state index is -0.498. The van der Waals surface area contributed by atoms with Crippen LogP contribution in [0.25, 0.3) is 0 Å². The highest BCUT2D eigenvalue weighted by atomic mass is 16.5. The molecule has 0 aromatic heterocycles. The van der Waals surface area contributed by atoms with Gasteiger partial charge in [0.15, 0.2) is 0 Å². The van der Waals surface area contributed by atoms with Crippen LogP contribution in [0.4, 0.5) is 0 Å². The predicted octanol–water partition coefficient (Wildman–Crippen LogP) is 0.137. The van der Waals surface area contributed by atoms with E-state index in [9.17, 15) is 5.11 Å². The number of hydrogen-bond acceptors (Lipinski definition) is 3. The van der Waals surface area contributed by atoms with Gasteiger partial charge in [0.25, 0.3) is 0 Å². The highest BCUT2D eigenvalue weighted by Gasteiger charge is 2.40. The third kappa shape index (κ3) is 1.49. The lowest BCUT2D eigenvalue weighted by Gasteiger charge is -2.34. The van der Waals surface area contributed by atoms with E-state index in [1.165, 1.54) is 0 Å². The minimum Gasteiger partial charge on any atom is -0.387 e. The predicted molar refractivity (Wildman–Crippen MR) is 46.0 cm³/mol. The lowest BCUT2D eigenvalue weighted by atomic mass is 9.80. The number of hydrogen-bond donors (Lipinski definition) is 2. The van der Waals surface area contributed by atoms with Crippen molar-refractivity contribution in [3.05, 3.63) is 0 Å². The zero-order chi connectivity index (χ0) is 8.44. The molecule has 2 N–H and O–H groups in total. The Kier molecular flexibility index (Phi) is 2.35. The molecule has 0 aromatic carbocycles. The Morgan fingerprint density at radius 2 is 2.08 bits per heavy atom. The van der Waals surface area contributed by atoms with Crippen LogP contribution in [0.1, 0.15) is 19.3 Å². The van der Waals surface area contributed by atoms with E-state index in [1.54, 1.807) is 0 Å². The van der Waals surface area contributed by atoms with Gasteiger partial charge in [0.2, 0.25) is 0 Å². The number of rotatable bonds is 1. The van der Waals surface area contributed by atoms with E-state index in [1.807, 2.05) is 0 Å². The first-order chi connectivity index (χ1) is 5.81. The first-order valence-electron chi connectivity index (χ1n) is 4.82. The van der Waals surface area contributed by atoms with Gasteiger partial charge in [-0.3, -0.25) is 0 Å². The Bertz CT molecular complexity index is 149. The van der Waals surface area contributed by atoms with Gasteiger partial charge in [-0.25, -0.2) is 0 Å². The third-order valence-corrected chi connectivity index (χ3v) is 3.13. The summed E-state index contributed by atoms with van der Waals surface area (Å²) >= 11 is 0. The lowest BCUT2D eigenvalue weighted by Crippen LogP contribution is -2.44. The molecule has 2 rings (SSSR count). The first kappa shape index (κ1) is 8.48. The van der Waals surface area contributed by atoms with Crippen LogP contribution >= 0.6 is 0 Å². The molecule has 2 fully saturated rings. The Morgan fingerprint density at radius 1 is 1.33 bits per heavy atom. The van der Waals surface area contributed by atoms with Gasteiger partial charge in [-0.15, -0.1) is 0 Å². The molecule has 1 unspecified atom stereocenters. The molecule has 0 radical (unpaired) electrons. The summed E-state index contributed by atoms with van der Waals surface area (Å²) in [5, 5.41) is 13.5. The van der Waals surface area contributed by atoms with Crippen LogP contribution in [-0.2, 0) is 4.74 Å². The summed E-state index contributed by atoms with van der Waals surface area (Å²) in [4.78, 5) is 0. The fourth-order valence-electron chi connectivity index (χ4n) is 2.25. The van der Waals surface area contributed by atoms with Gasteiger partial charge in [0.1, 0.15) is 0 Å². The van der Waals surface area contributed by atoms with Gasteiger partial charge in [0, 0.05) is 13.0 Å². The lowest BCUT2D eigenvalue weighted by molar-refractivity contribution is -0.0353. The van der Waals surface area contributed by atoms with Crippen LogP contribution in [0.5, 0.6) is 0 Å². The monoisotopic (exact) mass is 171 g/mol. The molecule has 0 aliphatic carbocycles. The summed E-state index contributed by atoms with van der Waals surface area (Å²) in [6.07, 6.45) is 3.03. The summed E-state index contributed by atoms with van der Waals surface area (Å²) in [6.45, 7) is 3.39. The van der Waals surface area contributed by atoms with Crippen LogP contribution in [0.3, 0.4) is 0 Å². The van der Waals surface area contributed by atoms with Gasteiger partial charge in [-0.05, 0) is 31.8 Å². The van der Waals surface area contributed by atoms with Gasteiger partial charge in [-0.1, -0.05) is 0 Å². The van der Waals surface area contributed by atoms with Gasteiger partial charge in [-0.2, -0.15) is 0 Å². The van der Waals surface area contributed by atoms with Crippen molar-refractivity contribution in [2.24, 2.45) is 5.92 Å².